The zero-order valence-electron chi connectivity index (χ0n) is 18.2. The Balaban J connectivity index is 2.29. The topological polar surface area (TPSA) is 130 Å². The van der Waals surface area contributed by atoms with Gasteiger partial charge in [-0.15, -0.1) is 0 Å². The molecule has 0 N–H and O–H groups in total. The van der Waals surface area contributed by atoms with Gasteiger partial charge in [0, 0.05) is 25.5 Å². The number of oxime groups is 2. The van der Waals surface area contributed by atoms with Crippen LogP contribution in [0.3, 0.4) is 0 Å². The van der Waals surface area contributed by atoms with Crippen LogP contribution in [0.5, 0.6) is 11.5 Å². The van der Waals surface area contributed by atoms with Gasteiger partial charge in [0.1, 0.15) is 5.75 Å². The molecular formula is C22H23N3O7. The van der Waals surface area contributed by atoms with Crippen molar-refractivity contribution < 1.29 is 28.9 Å². The van der Waals surface area contributed by atoms with E-state index in [2.05, 4.69) is 15.1 Å². The molecule has 168 valence electrons. The number of carbonyl (C=O) groups excluding carboxylic acids is 2. The van der Waals surface area contributed by atoms with Gasteiger partial charge >= 0.3 is 17.6 Å². The Morgan fingerprint density at radius 2 is 1.38 bits per heavy atom. The summed E-state index contributed by atoms with van der Waals surface area (Å²) < 4.78 is 5.71. The number of ether oxygens (including phenoxy) is 1. The fourth-order valence-electron chi connectivity index (χ4n) is 2.65. The minimum atomic E-state index is -0.585. The van der Waals surface area contributed by atoms with E-state index in [0.717, 1.165) is 5.56 Å². The van der Waals surface area contributed by atoms with Crippen molar-refractivity contribution in [2.75, 3.05) is 0 Å². The van der Waals surface area contributed by atoms with E-state index in [1.807, 2.05) is 6.92 Å². The lowest BCUT2D eigenvalue weighted by atomic mass is 10.1. The van der Waals surface area contributed by atoms with Gasteiger partial charge in [0.25, 0.3) is 0 Å². The molecule has 0 bridgehead atoms. The van der Waals surface area contributed by atoms with Gasteiger partial charge in [-0.05, 0) is 54.8 Å². The molecule has 2 aromatic carbocycles. The summed E-state index contributed by atoms with van der Waals surface area (Å²) in [5.41, 5.74) is 1.86. The van der Waals surface area contributed by atoms with Crippen molar-refractivity contribution in [1.82, 2.24) is 0 Å². The monoisotopic (exact) mass is 441 g/mol. The SMILES string of the molecule is CC/C(=N\OC(C)=O)c1ccc(Oc2ccc(/C(CC)=N/OC(C)=O)cc2[N+](=O)[O-])cc1. The smallest absolute Gasteiger partial charge is 0.331 e. The Morgan fingerprint density at radius 1 is 0.875 bits per heavy atom. The third-order valence-corrected chi connectivity index (χ3v) is 4.14. The summed E-state index contributed by atoms with van der Waals surface area (Å²) in [6.45, 7) is 6.13. The number of nitro groups is 1. The van der Waals surface area contributed by atoms with Crippen molar-refractivity contribution in [3.8, 4) is 11.5 Å². The molecule has 32 heavy (non-hydrogen) atoms. The molecule has 0 fully saturated rings. The lowest BCUT2D eigenvalue weighted by Gasteiger charge is -2.10. The van der Waals surface area contributed by atoms with Crippen LogP contribution in [0.15, 0.2) is 52.8 Å². The van der Waals surface area contributed by atoms with Crippen molar-refractivity contribution in [2.24, 2.45) is 10.3 Å². The molecular weight excluding hydrogens is 418 g/mol. The minimum absolute atomic E-state index is 0.0405. The predicted octanol–water partition coefficient (Wildman–Crippen LogP) is 4.74. The normalized spacial score (nSPS) is 11.6. The molecule has 0 aromatic heterocycles. The van der Waals surface area contributed by atoms with Gasteiger partial charge in [-0.25, -0.2) is 9.59 Å². The third-order valence-electron chi connectivity index (χ3n) is 4.14. The molecule has 2 aromatic rings. The van der Waals surface area contributed by atoms with Crippen molar-refractivity contribution in [1.29, 1.82) is 0 Å². The summed E-state index contributed by atoms with van der Waals surface area (Å²) in [5.74, 6) is -0.690. The zero-order chi connectivity index (χ0) is 23.7. The summed E-state index contributed by atoms with van der Waals surface area (Å²) in [4.78, 5) is 42.3. The number of rotatable bonds is 9. The van der Waals surface area contributed by atoms with Crippen LogP contribution in [0.4, 0.5) is 5.69 Å². The number of carbonyl (C=O) groups is 2. The molecule has 10 nitrogen and oxygen atoms in total. The van der Waals surface area contributed by atoms with Crippen LogP contribution in [0, 0.1) is 10.1 Å². The van der Waals surface area contributed by atoms with Gasteiger partial charge in [-0.2, -0.15) is 0 Å². The Hall–Kier alpha value is -4.08. The van der Waals surface area contributed by atoms with Crippen molar-refractivity contribution in [3.63, 3.8) is 0 Å². The van der Waals surface area contributed by atoms with Gasteiger partial charge in [-0.1, -0.05) is 24.2 Å². The van der Waals surface area contributed by atoms with Crippen LogP contribution in [-0.4, -0.2) is 28.3 Å². The quantitative estimate of drug-likeness (QED) is 0.238. The first kappa shape index (κ1) is 24.2. The lowest BCUT2D eigenvalue weighted by Crippen LogP contribution is -2.04. The van der Waals surface area contributed by atoms with Crippen molar-refractivity contribution in [3.05, 3.63) is 63.7 Å². The van der Waals surface area contributed by atoms with E-state index in [1.54, 1.807) is 37.3 Å². The molecule has 0 aliphatic heterocycles. The second-order valence-corrected chi connectivity index (χ2v) is 6.51. The minimum Gasteiger partial charge on any atom is -0.450 e. The third kappa shape index (κ3) is 6.73. The zero-order valence-corrected chi connectivity index (χ0v) is 18.2. The summed E-state index contributed by atoms with van der Waals surface area (Å²) in [6.07, 6.45) is 0.940. The molecule has 0 aliphatic rings. The van der Waals surface area contributed by atoms with E-state index < -0.39 is 16.9 Å². The maximum absolute atomic E-state index is 11.6. The Kier molecular flexibility index (Phi) is 8.58. The van der Waals surface area contributed by atoms with Gasteiger partial charge < -0.3 is 14.4 Å². The summed E-state index contributed by atoms with van der Waals surface area (Å²) in [6, 6.07) is 11.1. The van der Waals surface area contributed by atoms with Crippen LogP contribution in [0.25, 0.3) is 0 Å². The van der Waals surface area contributed by atoms with Crippen LogP contribution in [0.2, 0.25) is 0 Å². The molecule has 10 heteroatoms. The number of benzene rings is 2. The Morgan fingerprint density at radius 3 is 1.84 bits per heavy atom. The fraction of sp³-hybridized carbons (Fsp3) is 0.273. The molecule has 0 atom stereocenters. The van der Waals surface area contributed by atoms with Gasteiger partial charge in [-0.3, -0.25) is 10.1 Å². The molecule has 0 heterocycles. The molecule has 0 aliphatic carbocycles. The second-order valence-electron chi connectivity index (χ2n) is 6.51. The maximum atomic E-state index is 11.6. The fourth-order valence-corrected chi connectivity index (χ4v) is 2.65. The largest absolute Gasteiger partial charge is 0.450 e. The van der Waals surface area contributed by atoms with Gasteiger partial charge in [0.05, 0.1) is 16.3 Å². The van der Waals surface area contributed by atoms with E-state index in [-0.39, 0.29) is 11.4 Å². The molecule has 2 rings (SSSR count). The van der Waals surface area contributed by atoms with Gasteiger partial charge in [0.2, 0.25) is 5.75 Å². The molecule has 0 saturated heterocycles. The summed E-state index contributed by atoms with van der Waals surface area (Å²) in [5, 5.41) is 19.2. The van der Waals surface area contributed by atoms with E-state index in [1.165, 1.54) is 26.0 Å². The first-order valence-corrected chi connectivity index (χ1v) is 9.81. The van der Waals surface area contributed by atoms with Crippen LogP contribution in [-0.2, 0) is 19.3 Å². The van der Waals surface area contributed by atoms with E-state index in [0.29, 0.717) is 35.6 Å². The highest BCUT2D eigenvalue weighted by atomic mass is 16.7. The number of nitro benzene ring substituents is 1. The number of nitrogens with zero attached hydrogens (tertiary/aromatic N) is 3. The van der Waals surface area contributed by atoms with Crippen molar-refractivity contribution in [2.45, 2.75) is 40.5 Å². The van der Waals surface area contributed by atoms with E-state index >= 15 is 0 Å². The van der Waals surface area contributed by atoms with Crippen molar-refractivity contribution >= 4 is 29.0 Å². The lowest BCUT2D eigenvalue weighted by molar-refractivity contribution is -0.385. The molecule has 0 amide bonds. The van der Waals surface area contributed by atoms with E-state index in [4.69, 9.17) is 9.57 Å². The predicted molar refractivity (Wildman–Crippen MR) is 117 cm³/mol. The molecule has 0 saturated carbocycles. The molecule has 0 radical (unpaired) electrons. The Labute approximate surface area is 184 Å². The highest BCUT2D eigenvalue weighted by Crippen LogP contribution is 2.33. The molecule has 0 unspecified atom stereocenters. The summed E-state index contributed by atoms with van der Waals surface area (Å²) in [7, 11) is 0. The highest BCUT2D eigenvalue weighted by molar-refractivity contribution is 6.01. The van der Waals surface area contributed by atoms with Crippen LogP contribution >= 0.6 is 0 Å². The first-order chi connectivity index (χ1) is 15.2. The standard InChI is InChI=1S/C22H23N3O7/c1-5-19(23-31-14(3)26)16-7-10-18(11-8-16)30-22-12-9-17(13-21(22)25(28)29)20(6-2)24-32-15(4)27/h7-13H,5-6H2,1-4H3/b23-19+,24-20+. The van der Waals surface area contributed by atoms with Crippen LogP contribution in [0.1, 0.15) is 51.7 Å². The summed E-state index contributed by atoms with van der Waals surface area (Å²) >= 11 is 0. The average molecular weight is 441 g/mol. The average Bonchev–Trinajstić information content (AvgIpc) is 2.76. The maximum Gasteiger partial charge on any atom is 0.331 e. The van der Waals surface area contributed by atoms with Crippen LogP contribution < -0.4 is 4.74 Å². The highest BCUT2D eigenvalue weighted by Gasteiger charge is 2.19. The first-order valence-electron chi connectivity index (χ1n) is 9.81. The second kappa shape index (κ2) is 11.3. The number of hydrogen-bond acceptors (Lipinski definition) is 9. The van der Waals surface area contributed by atoms with Gasteiger partial charge in [0.15, 0.2) is 0 Å². The number of hydrogen-bond donors (Lipinski definition) is 0. The Bertz CT molecular complexity index is 1060. The van der Waals surface area contributed by atoms with E-state index in [9.17, 15) is 19.7 Å². The molecule has 0 spiro atoms.